The first-order chi connectivity index (χ1) is 19.4. The lowest BCUT2D eigenvalue weighted by molar-refractivity contribution is -0.0945. The average Bonchev–Trinajstić information content (AvgIpc) is 3.37. The molecule has 0 amide bonds. The van der Waals surface area contributed by atoms with Gasteiger partial charge in [-0.3, -0.25) is 9.13 Å². The van der Waals surface area contributed by atoms with Crippen LogP contribution in [0.3, 0.4) is 0 Å². The molecule has 1 fully saturated rings. The zero-order valence-electron chi connectivity index (χ0n) is 22.6. The Labute approximate surface area is 238 Å². The van der Waals surface area contributed by atoms with Crippen molar-refractivity contribution >= 4 is 12.2 Å². The van der Waals surface area contributed by atoms with Crippen molar-refractivity contribution in [2.75, 3.05) is 20.8 Å². The van der Waals surface area contributed by atoms with E-state index in [0.717, 1.165) is 28.2 Å². The Morgan fingerprint density at radius 1 is 0.900 bits per heavy atom. The Kier molecular flexibility index (Phi) is 8.18. The zero-order chi connectivity index (χ0) is 28.3. The van der Waals surface area contributed by atoms with Crippen molar-refractivity contribution in [2.45, 2.75) is 30.5 Å². The molecule has 1 aliphatic heterocycles. The molecule has 1 aromatic heterocycles. The number of nitrogens with zero attached hydrogens (tertiary/aromatic N) is 2. The molecule has 9 heteroatoms. The zero-order valence-corrected chi connectivity index (χ0v) is 23.4. The fourth-order valence-corrected chi connectivity index (χ4v) is 5.26. The largest absolute Gasteiger partial charge is 0.497 e. The van der Waals surface area contributed by atoms with Gasteiger partial charge in [-0.25, -0.2) is 4.79 Å². The molecule has 0 radical (unpaired) electrons. The third kappa shape index (κ3) is 5.21. The molecular weight excluding hydrogens is 528 g/mol. The van der Waals surface area contributed by atoms with Crippen molar-refractivity contribution in [1.82, 2.24) is 9.13 Å². The molecule has 2 heterocycles. The van der Waals surface area contributed by atoms with Gasteiger partial charge in [0.25, 0.3) is 0 Å². The van der Waals surface area contributed by atoms with Gasteiger partial charge in [-0.2, -0.15) is 0 Å². The number of benzene rings is 3. The highest BCUT2D eigenvalue weighted by atomic mass is 32.1. The van der Waals surface area contributed by atoms with E-state index in [0.29, 0.717) is 4.64 Å². The molecule has 1 aliphatic rings. The van der Waals surface area contributed by atoms with Crippen LogP contribution >= 0.6 is 12.2 Å². The number of methoxy groups -OCH3 is 2. The van der Waals surface area contributed by atoms with Crippen LogP contribution in [-0.2, 0) is 22.1 Å². The van der Waals surface area contributed by atoms with E-state index in [-0.39, 0.29) is 18.7 Å². The van der Waals surface area contributed by atoms with Crippen LogP contribution in [0.1, 0.15) is 29.3 Å². The summed E-state index contributed by atoms with van der Waals surface area (Å²) in [5.41, 5.74) is 1.30. The van der Waals surface area contributed by atoms with Crippen molar-refractivity contribution in [1.29, 1.82) is 0 Å². The molecule has 8 nitrogen and oxygen atoms in total. The van der Waals surface area contributed by atoms with Crippen LogP contribution in [0.4, 0.5) is 0 Å². The van der Waals surface area contributed by atoms with Gasteiger partial charge in [0.1, 0.15) is 34.1 Å². The summed E-state index contributed by atoms with van der Waals surface area (Å²) < 4.78 is 27.2. The normalized spacial score (nSPS) is 18.9. The van der Waals surface area contributed by atoms with Crippen LogP contribution in [0.15, 0.2) is 95.9 Å². The predicted molar refractivity (Wildman–Crippen MR) is 153 cm³/mol. The van der Waals surface area contributed by atoms with Crippen LogP contribution in [0.25, 0.3) is 0 Å². The van der Waals surface area contributed by atoms with Gasteiger partial charge in [-0.05, 0) is 47.0 Å². The fraction of sp³-hybridized carbons (Fsp3) is 0.290. The number of aliphatic hydroxyl groups is 1. The summed E-state index contributed by atoms with van der Waals surface area (Å²) >= 11 is 5.20. The molecule has 5 rings (SSSR count). The third-order valence-corrected chi connectivity index (χ3v) is 7.78. The summed E-state index contributed by atoms with van der Waals surface area (Å²) in [6.45, 7) is 0.0601. The highest BCUT2D eigenvalue weighted by Crippen LogP contribution is 2.42. The number of rotatable bonds is 9. The van der Waals surface area contributed by atoms with Gasteiger partial charge in [-0.1, -0.05) is 66.8 Å². The smallest absolute Gasteiger partial charge is 0.331 e. The topological polar surface area (TPSA) is 84.1 Å². The molecule has 4 aromatic rings. The lowest BCUT2D eigenvalue weighted by Crippen LogP contribution is -2.38. The lowest BCUT2D eigenvalue weighted by Gasteiger charge is -2.37. The molecule has 0 unspecified atom stereocenters. The lowest BCUT2D eigenvalue weighted by atomic mass is 9.80. The monoisotopic (exact) mass is 560 g/mol. The van der Waals surface area contributed by atoms with Crippen LogP contribution in [-0.4, -0.2) is 47.3 Å². The standard InChI is InChI=1S/C31H32N2O6S/c1-32-29(40)17-18-33(30(32)35)28-19-26(34)27(39-28)20-38-31(21-7-5-4-6-8-21,22-9-13-24(36-2)14-10-22)23-11-15-25(37-3)16-12-23/h4-18,26-28,34H,19-20H2,1-3H3/t26-,27+,28+/m0/s1. The van der Waals surface area contributed by atoms with E-state index in [1.54, 1.807) is 33.5 Å². The van der Waals surface area contributed by atoms with Crippen LogP contribution < -0.4 is 15.2 Å². The third-order valence-electron chi connectivity index (χ3n) is 7.37. The first-order valence-corrected chi connectivity index (χ1v) is 13.4. The predicted octanol–water partition coefficient (Wildman–Crippen LogP) is 4.59. The Balaban J connectivity index is 1.54. The maximum atomic E-state index is 12.8. The van der Waals surface area contributed by atoms with Gasteiger partial charge in [0.05, 0.1) is 26.9 Å². The Bertz CT molecular complexity index is 1500. The highest BCUT2D eigenvalue weighted by Gasteiger charge is 2.42. The maximum Gasteiger partial charge on any atom is 0.331 e. The number of hydrogen-bond acceptors (Lipinski definition) is 7. The second-order valence-corrected chi connectivity index (χ2v) is 10.1. The van der Waals surface area contributed by atoms with Gasteiger partial charge >= 0.3 is 5.69 Å². The van der Waals surface area contributed by atoms with Gasteiger partial charge in [0, 0.05) is 19.7 Å². The summed E-state index contributed by atoms with van der Waals surface area (Å²) in [6, 6.07) is 27.1. The van der Waals surface area contributed by atoms with E-state index in [2.05, 4.69) is 0 Å². The van der Waals surface area contributed by atoms with E-state index in [9.17, 15) is 9.90 Å². The maximum absolute atomic E-state index is 12.8. The second kappa shape index (κ2) is 11.8. The molecule has 0 aliphatic carbocycles. The molecule has 3 atom stereocenters. The van der Waals surface area contributed by atoms with Crippen LogP contribution in [0.2, 0.25) is 0 Å². The molecule has 1 saturated heterocycles. The van der Waals surface area contributed by atoms with E-state index in [1.165, 1.54) is 9.13 Å². The van der Waals surface area contributed by atoms with Crippen molar-refractivity contribution in [2.24, 2.45) is 7.05 Å². The average molecular weight is 561 g/mol. The van der Waals surface area contributed by atoms with E-state index in [1.807, 2.05) is 78.9 Å². The minimum absolute atomic E-state index is 0.0601. The van der Waals surface area contributed by atoms with Crippen LogP contribution in [0, 0.1) is 4.64 Å². The number of aromatic nitrogens is 2. The molecule has 3 aromatic carbocycles. The molecule has 1 N–H and O–H groups in total. The van der Waals surface area contributed by atoms with Gasteiger partial charge in [-0.15, -0.1) is 0 Å². The van der Waals surface area contributed by atoms with Crippen molar-refractivity contribution < 1.29 is 24.1 Å². The molecule has 0 spiro atoms. The Morgan fingerprint density at radius 2 is 1.45 bits per heavy atom. The molecule has 208 valence electrons. The van der Waals surface area contributed by atoms with Gasteiger partial charge in [0.2, 0.25) is 0 Å². The van der Waals surface area contributed by atoms with Gasteiger partial charge < -0.3 is 24.1 Å². The summed E-state index contributed by atoms with van der Waals surface area (Å²) in [7, 11) is 4.87. The minimum Gasteiger partial charge on any atom is -0.497 e. The Hall–Kier alpha value is -3.76. The second-order valence-electron chi connectivity index (χ2n) is 9.65. The first kappa shape index (κ1) is 27.8. The number of aliphatic hydroxyl groups excluding tert-OH is 1. The van der Waals surface area contributed by atoms with E-state index in [4.69, 9.17) is 31.2 Å². The SMILES string of the molecule is COc1ccc(C(OC[C@H]2O[C@@H](n3ccc(=S)n(C)c3=O)C[C@@H]2O)(c2ccccc2)c2ccc(OC)cc2)cc1. The van der Waals surface area contributed by atoms with Crippen molar-refractivity contribution in [3.05, 3.63) is 123 Å². The van der Waals surface area contributed by atoms with Crippen LogP contribution in [0.5, 0.6) is 11.5 Å². The summed E-state index contributed by atoms with van der Waals surface area (Å²) in [6.07, 6.45) is -0.316. The quantitative estimate of drug-likeness (QED) is 0.237. The summed E-state index contributed by atoms with van der Waals surface area (Å²) in [5, 5.41) is 11.0. The van der Waals surface area contributed by atoms with Gasteiger partial charge in [0.15, 0.2) is 0 Å². The summed E-state index contributed by atoms with van der Waals surface area (Å²) in [4.78, 5) is 12.8. The molecular formula is C31H32N2O6S. The molecule has 40 heavy (non-hydrogen) atoms. The number of hydrogen-bond donors (Lipinski definition) is 1. The van der Waals surface area contributed by atoms with E-state index < -0.39 is 24.0 Å². The number of ether oxygens (including phenoxy) is 4. The fourth-order valence-electron chi connectivity index (χ4n) is 5.12. The Morgan fingerprint density at radius 3 is 2.00 bits per heavy atom. The summed E-state index contributed by atoms with van der Waals surface area (Å²) in [5.74, 6) is 1.45. The van der Waals surface area contributed by atoms with E-state index >= 15 is 0 Å². The van der Waals surface area contributed by atoms with Crippen molar-refractivity contribution in [3.63, 3.8) is 0 Å². The van der Waals surface area contributed by atoms with Crippen molar-refractivity contribution in [3.8, 4) is 11.5 Å². The minimum atomic E-state index is -1.05. The molecule has 0 bridgehead atoms. The highest BCUT2D eigenvalue weighted by molar-refractivity contribution is 7.71. The molecule has 0 saturated carbocycles. The first-order valence-electron chi connectivity index (χ1n) is 13.0.